The summed E-state index contributed by atoms with van der Waals surface area (Å²) in [4.78, 5) is 26.9. The molecule has 0 radical (unpaired) electrons. The van der Waals surface area contributed by atoms with E-state index in [9.17, 15) is 9.59 Å². The van der Waals surface area contributed by atoms with Crippen molar-refractivity contribution < 1.29 is 19.1 Å². The molecule has 2 amide bonds. The van der Waals surface area contributed by atoms with Gasteiger partial charge in [0.2, 0.25) is 11.8 Å². The van der Waals surface area contributed by atoms with Crippen LogP contribution in [0.2, 0.25) is 0 Å². The fraction of sp³-hybridized carbons (Fsp3) is 0.579. The van der Waals surface area contributed by atoms with Crippen molar-refractivity contribution in [2.75, 3.05) is 33.9 Å². The van der Waals surface area contributed by atoms with Crippen molar-refractivity contribution in [1.82, 2.24) is 10.2 Å². The summed E-state index contributed by atoms with van der Waals surface area (Å²) >= 11 is 0. The number of hydrogen-bond donors (Lipinski definition) is 1. The highest BCUT2D eigenvalue weighted by Gasteiger charge is 2.39. The van der Waals surface area contributed by atoms with Crippen LogP contribution in [0.1, 0.15) is 37.8 Å². The number of methoxy groups -OCH3 is 2. The molecule has 6 heteroatoms. The summed E-state index contributed by atoms with van der Waals surface area (Å²) in [6, 6.07) is 7.37. The van der Waals surface area contributed by atoms with Gasteiger partial charge < -0.3 is 19.7 Å². The standard InChI is InChI=1S/C19H28N2O4/c1-4-21-17(22)10-9-16(19(23)20-11-6-12-24-2)18(21)14-7-5-8-15(13-14)25-3/h5,7-8,13,16,18H,4,6,9-12H2,1-3H3,(H,20,23)/t16-,18+/m1/s1. The van der Waals surface area contributed by atoms with Crippen LogP contribution in [-0.4, -0.2) is 50.6 Å². The summed E-state index contributed by atoms with van der Waals surface area (Å²) in [5.41, 5.74) is 0.936. The van der Waals surface area contributed by atoms with E-state index in [-0.39, 0.29) is 23.8 Å². The van der Waals surface area contributed by atoms with Gasteiger partial charge in [0.1, 0.15) is 5.75 Å². The van der Waals surface area contributed by atoms with Crippen LogP contribution in [0.3, 0.4) is 0 Å². The van der Waals surface area contributed by atoms with Gasteiger partial charge >= 0.3 is 0 Å². The van der Waals surface area contributed by atoms with Gasteiger partial charge in [-0.1, -0.05) is 12.1 Å². The quantitative estimate of drug-likeness (QED) is 0.731. The maximum absolute atomic E-state index is 12.7. The molecule has 1 aromatic carbocycles. The number of ether oxygens (including phenoxy) is 2. The summed E-state index contributed by atoms with van der Waals surface area (Å²) in [5, 5.41) is 2.99. The topological polar surface area (TPSA) is 67.9 Å². The first-order valence-electron chi connectivity index (χ1n) is 8.82. The van der Waals surface area contributed by atoms with E-state index in [2.05, 4.69) is 5.32 Å². The van der Waals surface area contributed by atoms with Crippen molar-refractivity contribution in [2.24, 2.45) is 5.92 Å². The summed E-state index contributed by atoms with van der Waals surface area (Å²) in [7, 11) is 3.26. The van der Waals surface area contributed by atoms with Crippen LogP contribution in [0, 0.1) is 5.92 Å². The Morgan fingerprint density at radius 1 is 1.36 bits per heavy atom. The molecule has 25 heavy (non-hydrogen) atoms. The Balaban J connectivity index is 2.22. The zero-order valence-electron chi connectivity index (χ0n) is 15.3. The van der Waals surface area contributed by atoms with E-state index >= 15 is 0 Å². The first-order chi connectivity index (χ1) is 12.1. The molecule has 1 aliphatic heterocycles. The van der Waals surface area contributed by atoms with Gasteiger partial charge in [-0.25, -0.2) is 0 Å². The maximum Gasteiger partial charge on any atom is 0.225 e. The van der Waals surface area contributed by atoms with Gasteiger partial charge in [0.25, 0.3) is 0 Å². The summed E-state index contributed by atoms with van der Waals surface area (Å²) in [5.74, 6) is 0.562. The third-order valence-electron chi connectivity index (χ3n) is 4.64. The van der Waals surface area contributed by atoms with Crippen molar-refractivity contribution in [1.29, 1.82) is 0 Å². The molecule has 2 rings (SSSR count). The number of benzene rings is 1. The van der Waals surface area contributed by atoms with Crippen molar-refractivity contribution in [3.63, 3.8) is 0 Å². The molecule has 2 atom stereocenters. The largest absolute Gasteiger partial charge is 0.497 e. The fourth-order valence-electron chi connectivity index (χ4n) is 3.40. The molecule has 1 fully saturated rings. The first kappa shape index (κ1) is 19.2. The minimum atomic E-state index is -0.260. The molecule has 0 aromatic heterocycles. The van der Waals surface area contributed by atoms with Gasteiger partial charge in [0, 0.05) is 33.2 Å². The molecule has 138 valence electrons. The number of piperidine rings is 1. The van der Waals surface area contributed by atoms with Crippen LogP contribution in [0.5, 0.6) is 5.75 Å². The van der Waals surface area contributed by atoms with E-state index in [0.29, 0.717) is 32.5 Å². The van der Waals surface area contributed by atoms with E-state index in [4.69, 9.17) is 9.47 Å². The van der Waals surface area contributed by atoms with Gasteiger partial charge in [-0.3, -0.25) is 9.59 Å². The molecule has 1 saturated heterocycles. The average molecular weight is 348 g/mol. The van der Waals surface area contributed by atoms with E-state index in [1.54, 1.807) is 19.1 Å². The Bertz CT molecular complexity index is 591. The molecule has 6 nitrogen and oxygen atoms in total. The van der Waals surface area contributed by atoms with Gasteiger partial charge in [0.05, 0.1) is 19.1 Å². The molecule has 0 spiro atoms. The fourth-order valence-corrected chi connectivity index (χ4v) is 3.40. The molecule has 1 heterocycles. The van der Waals surface area contributed by atoms with Crippen molar-refractivity contribution in [3.05, 3.63) is 29.8 Å². The normalized spacial score (nSPS) is 20.4. The van der Waals surface area contributed by atoms with Crippen LogP contribution < -0.4 is 10.1 Å². The molecule has 1 aromatic rings. The van der Waals surface area contributed by atoms with Crippen LogP contribution >= 0.6 is 0 Å². The van der Waals surface area contributed by atoms with E-state index in [1.165, 1.54) is 0 Å². The Labute approximate surface area is 149 Å². The van der Waals surface area contributed by atoms with Crippen molar-refractivity contribution in [2.45, 2.75) is 32.2 Å². The third kappa shape index (κ3) is 4.72. The third-order valence-corrected chi connectivity index (χ3v) is 4.64. The number of amides is 2. The second kappa shape index (κ2) is 9.42. The number of nitrogens with one attached hydrogen (secondary N) is 1. The van der Waals surface area contributed by atoms with Gasteiger partial charge in [0.15, 0.2) is 0 Å². The molecule has 0 saturated carbocycles. The Morgan fingerprint density at radius 3 is 2.84 bits per heavy atom. The predicted molar refractivity (Wildman–Crippen MR) is 95.3 cm³/mol. The van der Waals surface area contributed by atoms with E-state index in [1.807, 2.05) is 31.2 Å². The number of carbonyl (C=O) groups excluding carboxylic acids is 2. The molecule has 0 unspecified atom stereocenters. The minimum Gasteiger partial charge on any atom is -0.497 e. The highest BCUT2D eigenvalue weighted by molar-refractivity contribution is 5.85. The van der Waals surface area contributed by atoms with E-state index in [0.717, 1.165) is 17.7 Å². The monoisotopic (exact) mass is 348 g/mol. The number of rotatable bonds is 8. The number of nitrogens with zero attached hydrogens (tertiary/aromatic N) is 1. The van der Waals surface area contributed by atoms with Crippen LogP contribution in [0.25, 0.3) is 0 Å². The highest BCUT2D eigenvalue weighted by atomic mass is 16.5. The molecular formula is C19H28N2O4. The highest BCUT2D eigenvalue weighted by Crippen LogP contribution is 2.37. The summed E-state index contributed by atoms with van der Waals surface area (Å²) < 4.78 is 10.3. The molecule has 0 aliphatic carbocycles. The smallest absolute Gasteiger partial charge is 0.225 e. The van der Waals surface area contributed by atoms with Crippen LogP contribution in [0.15, 0.2) is 24.3 Å². The lowest BCUT2D eigenvalue weighted by atomic mass is 9.83. The number of carbonyl (C=O) groups is 2. The predicted octanol–water partition coefficient (Wildman–Crippen LogP) is 2.15. The van der Waals surface area contributed by atoms with E-state index < -0.39 is 0 Å². The lowest BCUT2D eigenvalue weighted by Gasteiger charge is -2.40. The van der Waals surface area contributed by atoms with Crippen LogP contribution in [-0.2, 0) is 14.3 Å². The Morgan fingerprint density at radius 2 is 2.16 bits per heavy atom. The molecular weight excluding hydrogens is 320 g/mol. The van der Waals surface area contributed by atoms with Gasteiger partial charge in [-0.2, -0.15) is 0 Å². The molecule has 1 N–H and O–H groups in total. The zero-order valence-corrected chi connectivity index (χ0v) is 15.3. The second-order valence-electron chi connectivity index (χ2n) is 6.18. The maximum atomic E-state index is 12.7. The molecule has 1 aliphatic rings. The Kier molecular flexibility index (Phi) is 7.25. The minimum absolute atomic E-state index is 0.00475. The van der Waals surface area contributed by atoms with Gasteiger partial charge in [-0.15, -0.1) is 0 Å². The first-order valence-corrected chi connectivity index (χ1v) is 8.82. The Hall–Kier alpha value is -2.08. The lowest BCUT2D eigenvalue weighted by molar-refractivity contribution is -0.143. The SMILES string of the molecule is CCN1C(=O)CC[C@@H](C(=O)NCCCOC)[C@@H]1c1cccc(OC)c1. The van der Waals surface area contributed by atoms with Crippen molar-refractivity contribution >= 4 is 11.8 Å². The summed E-state index contributed by atoms with van der Waals surface area (Å²) in [6.45, 7) is 3.72. The summed E-state index contributed by atoms with van der Waals surface area (Å²) in [6.07, 6.45) is 1.74. The number of likely N-dealkylation sites (tertiary alicyclic amines) is 1. The second-order valence-corrected chi connectivity index (χ2v) is 6.18. The van der Waals surface area contributed by atoms with Gasteiger partial charge in [-0.05, 0) is 37.5 Å². The zero-order chi connectivity index (χ0) is 18.2. The van der Waals surface area contributed by atoms with Crippen LogP contribution in [0.4, 0.5) is 0 Å². The average Bonchev–Trinajstić information content (AvgIpc) is 2.64. The molecule has 0 bridgehead atoms. The number of hydrogen-bond acceptors (Lipinski definition) is 4. The van der Waals surface area contributed by atoms with Crippen molar-refractivity contribution in [3.8, 4) is 5.75 Å². The lowest BCUT2D eigenvalue weighted by Crippen LogP contribution is -2.48.